The first-order chi connectivity index (χ1) is 10.4. The van der Waals surface area contributed by atoms with Crippen LogP contribution in [0.1, 0.15) is 34.9 Å². The van der Waals surface area contributed by atoms with Gasteiger partial charge in [-0.3, -0.25) is 0 Å². The standard InChI is InChI=1S/C16H18F3N3/c1-10-15(12-7-8-20-9-12)11(2)22(21-10)14-6-4-3-5-13(14)16(17,18)19/h3-6,12,20H,7-9H2,1-2H3. The summed E-state index contributed by atoms with van der Waals surface area (Å²) in [5.74, 6) is 0.326. The van der Waals surface area contributed by atoms with E-state index in [4.69, 9.17) is 0 Å². The number of nitrogens with one attached hydrogen (secondary N) is 1. The topological polar surface area (TPSA) is 29.9 Å². The van der Waals surface area contributed by atoms with Crippen molar-refractivity contribution in [3.8, 4) is 5.69 Å². The summed E-state index contributed by atoms with van der Waals surface area (Å²) in [7, 11) is 0. The molecule has 0 saturated carbocycles. The SMILES string of the molecule is Cc1nn(-c2ccccc2C(F)(F)F)c(C)c1C1CCNC1. The molecule has 1 fully saturated rings. The van der Waals surface area contributed by atoms with Crippen molar-refractivity contribution < 1.29 is 13.2 Å². The predicted octanol–water partition coefficient (Wildman–Crippen LogP) is 3.58. The van der Waals surface area contributed by atoms with Crippen LogP contribution in [0.2, 0.25) is 0 Å². The molecule has 1 aliphatic rings. The maximum Gasteiger partial charge on any atom is 0.418 e. The largest absolute Gasteiger partial charge is 0.418 e. The van der Waals surface area contributed by atoms with Crippen molar-refractivity contribution in [2.24, 2.45) is 0 Å². The Morgan fingerprint density at radius 2 is 1.95 bits per heavy atom. The monoisotopic (exact) mass is 309 g/mol. The highest BCUT2D eigenvalue weighted by molar-refractivity contribution is 5.46. The van der Waals surface area contributed by atoms with Gasteiger partial charge in [0.05, 0.1) is 16.9 Å². The maximum absolute atomic E-state index is 13.2. The van der Waals surface area contributed by atoms with Gasteiger partial charge in [-0.25, -0.2) is 4.68 Å². The van der Waals surface area contributed by atoms with Gasteiger partial charge in [0.15, 0.2) is 0 Å². The molecule has 118 valence electrons. The number of aryl methyl sites for hydroxylation is 1. The highest BCUT2D eigenvalue weighted by Gasteiger charge is 2.35. The molecule has 6 heteroatoms. The number of nitrogens with zero attached hydrogens (tertiary/aromatic N) is 2. The Kier molecular flexibility index (Phi) is 3.72. The average molecular weight is 309 g/mol. The molecule has 0 bridgehead atoms. The summed E-state index contributed by atoms with van der Waals surface area (Å²) in [6.45, 7) is 5.51. The predicted molar refractivity (Wildman–Crippen MR) is 78.3 cm³/mol. The van der Waals surface area contributed by atoms with E-state index >= 15 is 0 Å². The molecule has 1 aliphatic heterocycles. The Labute approximate surface area is 127 Å². The van der Waals surface area contributed by atoms with Crippen LogP contribution in [-0.2, 0) is 6.18 Å². The quantitative estimate of drug-likeness (QED) is 0.919. The Balaban J connectivity index is 2.13. The summed E-state index contributed by atoms with van der Waals surface area (Å²) >= 11 is 0. The number of alkyl halides is 3. The third-order valence-electron chi connectivity index (χ3n) is 4.25. The van der Waals surface area contributed by atoms with Gasteiger partial charge in [-0.2, -0.15) is 18.3 Å². The fourth-order valence-corrected chi connectivity index (χ4v) is 3.28. The van der Waals surface area contributed by atoms with E-state index in [1.54, 1.807) is 6.07 Å². The van der Waals surface area contributed by atoms with E-state index in [2.05, 4.69) is 10.4 Å². The second kappa shape index (κ2) is 5.43. The Bertz CT molecular complexity index is 682. The number of hydrogen-bond acceptors (Lipinski definition) is 2. The fourth-order valence-electron chi connectivity index (χ4n) is 3.28. The molecule has 3 rings (SSSR count). The van der Waals surface area contributed by atoms with Crippen LogP contribution < -0.4 is 5.32 Å². The zero-order chi connectivity index (χ0) is 15.9. The van der Waals surface area contributed by atoms with E-state index < -0.39 is 11.7 Å². The van der Waals surface area contributed by atoms with Crippen LogP contribution in [0.3, 0.4) is 0 Å². The third kappa shape index (κ3) is 2.52. The van der Waals surface area contributed by atoms with Crippen LogP contribution >= 0.6 is 0 Å². The lowest BCUT2D eigenvalue weighted by atomic mass is 9.96. The zero-order valence-corrected chi connectivity index (χ0v) is 12.5. The Morgan fingerprint density at radius 3 is 2.59 bits per heavy atom. The first-order valence-electron chi connectivity index (χ1n) is 7.33. The number of rotatable bonds is 2. The lowest BCUT2D eigenvalue weighted by Gasteiger charge is -2.14. The third-order valence-corrected chi connectivity index (χ3v) is 4.25. The summed E-state index contributed by atoms with van der Waals surface area (Å²) < 4.78 is 41.1. The van der Waals surface area contributed by atoms with Gasteiger partial charge in [0.2, 0.25) is 0 Å². The Morgan fingerprint density at radius 1 is 1.23 bits per heavy atom. The van der Waals surface area contributed by atoms with Gasteiger partial charge in [0.1, 0.15) is 0 Å². The van der Waals surface area contributed by atoms with Gasteiger partial charge in [-0.15, -0.1) is 0 Å². The minimum absolute atomic E-state index is 0.0906. The molecule has 22 heavy (non-hydrogen) atoms. The first kappa shape index (κ1) is 15.1. The van der Waals surface area contributed by atoms with Gasteiger partial charge >= 0.3 is 6.18 Å². The van der Waals surface area contributed by atoms with Gasteiger partial charge in [0.25, 0.3) is 0 Å². The van der Waals surface area contributed by atoms with Crippen LogP contribution in [0.15, 0.2) is 24.3 Å². The van der Waals surface area contributed by atoms with Crippen molar-refractivity contribution in [1.82, 2.24) is 15.1 Å². The lowest BCUT2D eigenvalue weighted by molar-refractivity contribution is -0.137. The minimum atomic E-state index is -4.39. The molecule has 2 aromatic rings. The van der Waals surface area contributed by atoms with E-state index in [0.29, 0.717) is 5.92 Å². The summed E-state index contributed by atoms with van der Waals surface area (Å²) in [6, 6.07) is 5.58. The van der Waals surface area contributed by atoms with E-state index in [0.717, 1.165) is 42.5 Å². The normalized spacial score (nSPS) is 18.9. The van der Waals surface area contributed by atoms with Crippen molar-refractivity contribution in [2.45, 2.75) is 32.4 Å². The second-order valence-electron chi connectivity index (χ2n) is 5.70. The summed E-state index contributed by atoms with van der Waals surface area (Å²) in [4.78, 5) is 0. The number of benzene rings is 1. The highest BCUT2D eigenvalue weighted by Crippen LogP contribution is 2.36. The molecule has 1 atom stereocenters. The van der Waals surface area contributed by atoms with Crippen molar-refractivity contribution in [1.29, 1.82) is 0 Å². The molecule has 0 spiro atoms. The molecule has 1 aromatic carbocycles. The smallest absolute Gasteiger partial charge is 0.316 e. The van der Waals surface area contributed by atoms with Gasteiger partial charge in [-0.05, 0) is 38.9 Å². The zero-order valence-electron chi connectivity index (χ0n) is 12.5. The number of aromatic nitrogens is 2. The molecular weight excluding hydrogens is 291 g/mol. The number of hydrogen-bond donors (Lipinski definition) is 1. The fraction of sp³-hybridized carbons (Fsp3) is 0.438. The maximum atomic E-state index is 13.2. The van der Waals surface area contributed by atoms with Crippen molar-refractivity contribution in [2.75, 3.05) is 13.1 Å². The van der Waals surface area contributed by atoms with E-state index in [-0.39, 0.29) is 5.69 Å². The molecule has 0 radical (unpaired) electrons. The summed E-state index contributed by atoms with van der Waals surface area (Å²) in [5.41, 5.74) is 2.11. The van der Waals surface area contributed by atoms with E-state index in [1.165, 1.54) is 16.8 Å². The average Bonchev–Trinajstić information content (AvgIpc) is 3.06. The molecular formula is C16H18F3N3. The van der Waals surface area contributed by atoms with Crippen LogP contribution in [-0.4, -0.2) is 22.9 Å². The van der Waals surface area contributed by atoms with Crippen LogP contribution in [0, 0.1) is 13.8 Å². The summed E-state index contributed by atoms with van der Waals surface area (Å²) in [6.07, 6.45) is -3.40. The second-order valence-corrected chi connectivity index (χ2v) is 5.70. The van der Waals surface area contributed by atoms with Crippen LogP contribution in [0.25, 0.3) is 5.69 Å². The van der Waals surface area contributed by atoms with E-state index in [1.807, 2.05) is 13.8 Å². The molecule has 1 saturated heterocycles. The molecule has 1 N–H and O–H groups in total. The van der Waals surface area contributed by atoms with E-state index in [9.17, 15) is 13.2 Å². The van der Waals surface area contributed by atoms with Crippen LogP contribution in [0.5, 0.6) is 0 Å². The molecule has 2 heterocycles. The van der Waals surface area contributed by atoms with Gasteiger partial charge in [0, 0.05) is 23.7 Å². The molecule has 0 amide bonds. The molecule has 1 unspecified atom stereocenters. The number of halogens is 3. The number of para-hydroxylation sites is 1. The van der Waals surface area contributed by atoms with Crippen molar-refractivity contribution in [3.63, 3.8) is 0 Å². The highest BCUT2D eigenvalue weighted by atomic mass is 19.4. The van der Waals surface area contributed by atoms with Crippen molar-refractivity contribution in [3.05, 3.63) is 46.8 Å². The molecule has 0 aliphatic carbocycles. The molecule has 3 nitrogen and oxygen atoms in total. The van der Waals surface area contributed by atoms with Crippen molar-refractivity contribution >= 4 is 0 Å². The molecule has 1 aromatic heterocycles. The summed E-state index contributed by atoms with van der Waals surface area (Å²) in [5, 5.41) is 7.68. The lowest BCUT2D eigenvalue weighted by Crippen LogP contribution is -2.12. The van der Waals surface area contributed by atoms with Gasteiger partial charge in [-0.1, -0.05) is 12.1 Å². The van der Waals surface area contributed by atoms with Crippen LogP contribution in [0.4, 0.5) is 13.2 Å². The van der Waals surface area contributed by atoms with Gasteiger partial charge < -0.3 is 5.32 Å². The minimum Gasteiger partial charge on any atom is -0.316 e. The first-order valence-corrected chi connectivity index (χ1v) is 7.33. The Hall–Kier alpha value is -1.82.